The average molecular weight is 298 g/mol. The Balaban J connectivity index is 2.18. The lowest BCUT2D eigenvalue weighted by Crippen LogP contribution is -2.33. The van der Waals surface area contributed by atoms with E-state index in [1.165, 1.54) is 22.9 Å². The van der Waals surface area contributed by atoms with E-state index in [0.717, 1.165) is 12.2 Å². The van der Waals surface area contributed by atoms with Crippen LogP contribution >= 0.6 is 15.9 Å². The van der Waals surface area contributed by atoms with Crippen molar-refractivity contribution in [2.24, 2.45) is 5.41 Å². The summed E-state index contributed by atoms with van der Waals surface area (Å²) in [6, 6.07) is 6.79. The Morgan fingerprint density at radius 2 is 2.18 bits per heavy atom. The molecule has 2 rings (SSSR count). The molecule has 0 aliphatic heterocycles. The minimum atomic E-state index is 0.448. The Kier molecular flexibility index (Phi) is 3.79. The van der Waals surface area contributed by atoms with Gasteiger partial charge in [0.1, 0.15) is 5.75 Å². The van der Waals surface area contributed by atoms with Crippen molar-refractivity contribution in [3.8, 4) is 5.75 Å². The number of hydrogen-bond acceptors (Lipinski definition) is 2. The van der Waals surface area contributed by atoms with Crippen LogP contribution in [0.3, 0.4) is 0 Å². The topological polar surface area (TPSA) is 21.3 Å². The van der Waals surface area contributed by atoms with Crippen LogP contribution in [0.4, 0.5) is 0 Å². The van der Waals surface area contributed by atoms with Crippen LogP contribution in [0.25, 0.3) is 0 Å². The maximum absolute atomic E-state index is 5.30. The molecule has 0 saturated heterocycles. The van der Waals surface area contributed by atoms with E-state index < -0.39 is 0 Å². The minimum Gasteiger partial charge on any atom is -0.497 e. The Labute approximate surface area is 112 Å². The smallest absolute Gasteiger partial charge is 0.119 e. The van der Waals surface area contributed by atoms with Gasteiger partial charge in [0, 0.05) is 10.5 Å². The fraction of sp³-hybridized carbons (Fsp3) is 0.571. The molecule has 1 aliphatic rings. The molecule has 1 aliphatic carbocycles. The average Bonchev–Trinajstić information content (AvgIpc) is 3.12. The van der Waals surface area contributed by atoms with Crippen molar-refractivity contribution in [2.75, 3.05) is 14.2 Å². The van der Waals surface area contributed by atoms with Crippen LogP contribution in [0.1, 0.15) is 25.3 Å². The summed E-state index contributed by atoms with van der Waals surface area (Å²) in [7, 11) is 3.77. The summed E-state index contributed by atoms with van der Waals surface area (Å²) >= 11 is 3.64. The molecule has 0 aromatic heterocycles. The molecule has 0 spiro atoms. The van der Waals surface area contributed by atoms with Crippen molar-refractivity contribution in [1.82, 2.24) is 5.32 Å². The molecule has 1 aromatic rings. The zero-order chi connectivity index (χ0) is 12.5. The van der Waals surface area contributed by atoms with Gasteiger partial charge in [-0.3, -0.25) is 0 Å². The highest BCUT2D eigenvalue weighted by Gasteiger charge is 2.46. The molecule has 1 saturated carbocycles. The Morgan fingerprint density at radius 3 is 2.71 bits per heavy atom. The third-order valence-corrected chi connectivity index (χ3v) is 4.81. The Morgan fingerprint density at radius 1 is 1.47 bits per heavy atom. The molecule has 2 nitrogen and oxygen atoms in total. The Bertz CT molecular complexity index is 401. The number of methoxy groups -OCH3 is 1. The molecular formula is C14H20BrNO. The van der Waals surface area contributed by atoms with Crippen molar-refractivity contribution >= 4 is 15.9 Å². The molecule has 1 unspecified atom stereocenters. The molecule has 1 atom stereocenters. The molecular weight excluding hydrogens is 278 g/mol. The van der Waals surface area contributed by atoms with Crippen molar-refractivity contribution in [3.63, 3.8) is 0 Å². The normalized spacial score (nSPS) is 18.8. The van der Waals surface area contributed by atoms with Crippen molar-refractivity contribution < 1.29 is 4.74 Å². The van der Waals surface area contributed by atoms with E-state index >= 15 is 0 Å². The lowest BCUT2D eigenvalue weighted by atomic mass is 9.90. The molecule has 1 N–H and O–H groups in total. The number of halogens is 1. The summed E-state index contributed by atoms with van der Waals surface area (Å²) in [5, 5.41) is 3.39. The monoisotopic (exact) mass is 297 g/mol. The van der Waals surface area contributed by atoms with Crippen molar-refractivity contribution in [3.05, 3.63) is 28.2 Å². The highest BCUT2D eigenvalue weighted by Crippen LogP contribution is 2.52. The second-order valence-corrected chi connectivity index (χ2v) is 5.86. The first-order valence-corrected chi connectivity index (χ1v) is 6.90. The van der Waals surface area contributed by atoms with Crippen LogP contribution in [0.5, 0.6) is 5.75 Å². The number of ether oxygens (including phenoxy) is 1. The quantitative estimate of drug-likeness (QED) is 0.899. The van der Waals surface area contributed by atoms with Gasteiger partial charge in [0.15, 0.2) is 0 Å². The molecule has 17 heavy (non-hydrogen) atoms. The largest absolute Gasteiger partial charge is 0.497 e. The first-order valence-electron chi connectivity index (χ1n) is 6.11. The third kappa shape index (κ3) is 2.66. The van der Waals surface area contributed by atoms with Gasteiger partial charge in [-0.1, -0.05) is 15.9 Å². The van der Waals surface area contributed by atoms with E-state index in [0.29, 0.717) is 11.5 Å². The number of hydrogen-bond donors (Lipinski definition) is 1. The number of benzene rings is 1. The zero-order valence-corrected chi connectivity index (χ0v) is 12.3. The lowest BCUT2D eigenvalue weighted by Gasteiger charge is -2.23. The second kappa shape index (κ2) is 4.99. The zero-order valence-electron chi connectivity index (χ0n) is 10.7. The molecule has 0 heterocycles. The van der Waals surface area contributed by atoms with Gasteiger partial charge in [0.05, 0.1) is 7.11 Å². The highest BCUT2D eigenvalue weighted by molar-refractivity contribution is 9.10. The van der Waals surface area contributed by atoms with E-state index in [1.54, 1.807) is 7.11 Å². The van der Waals surface area contributed by atoms with Gasteiger partial charge in [-0.15, -0.1) is 0 Å². The summed E-state index contributed by atoms with van der Waals surface area (Å²) in [6.07, 6.45) is 3.75. The van der Waals surface area contributed by atoms with Crippen molar-refractivity contribution in [2.45, 2.75) is 32.2 Å². The van der Waals surface area contributed by atoms with Crippen LogP contribution in [0.2, 0.25) is 0 Å². The predicted octanol–water partition coefficient (Wildman–Crippen LogP) is 3.39. The van der Waals surface area contributed by atoms with Crippen LogP contribution < -0.4 is 10.1 Å². The summed E-state index contributed by atoms with van der Waals surface area (Å²) in [5.41, 5.74) is 1.80. The third-order valence-electron chi connectivity index (χ3n) is 4.04. The van der Waals surface area contributed by atoms with Crippen LogP contribution in [-0.4, -0.2) is 20.2 Å². The summed E-state index contributed by atoms with van der Waals surface area (Å²) in [6.45, 7) is 2.28. The van der Waals surface area contributed by atoms with E-state index in [4.69, 9.17) is 4.74 Å². The predicted molar refractivity (Wildman–Crippen MR) is 74.6 cm³/mol. The van der Waals surface area contributed by atoms with Gasteiger partial charge in [0.25, 0.3) is 0 Å². The first kappa shape index (κ1) is 12.9. The maximum Gasteiger partial charge on any atom is 0.119 e. The van der Waals surface area contributed by atoms with Crippen LogP contribution in [0, 0.1) is 5.41 Å². The van der Waals surface area contributed by atoms with E-state index in [9.17, 15) is 0 Å². The van der Waals surface area contributed by atoms with E-state index in [-0.39, 0.29) is 0 Å². The minimum absolute atomic E-state index is 0.448. The molecule has 1 aromatic carbocycles. The molecule has 1 fully saturated rings. The van der Waals surface area contributed by atoms with Gasteiger partial charge in [-0.2, -0.15) is 0 Å². The van der Waals surface area contributed by atoms with Crippen LogP contribution in [0.15, 0.2) is 22.7 Å². The number of nitrogens with one attached hydrogen (secondary N) is 1. The van der Waals surface area contributed by atoms with Crippen LogP contribution in [-0.2, 0) is 6.42 Å². The molecule has 3 heteroatoms. The standard InChI is InChI=1S/C14H20BrNO/c1-10(16-2)14(6-7-14)9-11-8-12(17-3)4-5-13(11)15/h4-5,8,10,16H,6-7,9H2,1-3H3. The molecule has 0 amide bonds. The van der Waals surface area contributed by atoms with Gasteiger partial charge >= 0.3 is 0 Å². The second-order valence-electron chi connectivity index (χ2n) is 5.01. The Hall–Kier alpha value is -0.540. The summed E-state index contributed by atoms with van der Waals surface area (Å²) in [5.74, 6) is 0.941. The van der Waals surface area contributed by atoms with Gasteiger partial charge in [0.2, 0.25) is 0 Å². The fourth-order valence-corrected chi connectivity index (χ4v) is 2.81. The van der Waals surface area contributed by atoms with E-state index in [2.05, 4.69) is 40.3 Å². The lowest BCUT2D eigenvalue weighted by molar-refractivity contribution is 0.367. The fourth-order valence-electron chi connectivity index (χ4n) is 2.42. The van der Waals surface area contributed by atoms with Gasteiger partial charge in [-0.25, -0.2) is 0 Å². The molecule has 94 valence electrons. The van der Waals surface area contributed by atoms with Gasteiger partial charge in [-0.05, 0) is 62.4 Å². The SMILES string of the molecule is CNC(C)C1(Cc2cc(OC)ccc2Br)CC1. The first-order chi connectivity index (χ1) is 8.11. The summed E-state index contributed by atoms with van der Waals surface area (Å²) < 4.78 is 6.48. The van der Waals surface area contributed by atoms with Crippen molar-refractivity contribution in [1.29, 1.82) is 0 Å². The van der Waals surface area contributed by atoms with Gasteiger partial charge < -0.3 is 10.1 Å². The molecule has 0 radical (unpaired) electrons. The number of rotatable bonds is 5. The van der Waals surface area contributed by atoms with E-state index in [1.807, 2.05) is 13.1 Å². The summed E-state index contributed by atoms with van der Waals surface area (Å²) in [4.78, 5) is 0. The maximum atomic E-state index is 5.30. The molecule has 0 bridgehead atoms. The highest BCUT2D eigenvalue weighted by atomic mass is 79.9.